The molecule has 1 N–H and O–H groups in total. The molecule has 112 valence electrons. The molecule has 0 saturated carbocycles. The Hall–Kier alpha value is -1.55. The van der Waals surface area contributed by atoms with Gasteiger partial charge in [-0.05, 0) is 39.3 Å². The first-order valence-corrected chi connectivity index (χ1v) is 8.42. The molecular formula is C17H23N3S. The molecule has 1 aromatic carbocycles. The summed E-state index contributed by atoms with van der Waals surface area (Å²) in [6, 6.07) is 8.58. The minimum atomic E-state index is 0.798. The van der Waals surface area contributed by atoms with Gasteiger partial charge in [0, 0.05) is 22.7 Å². The van der Waals surface area contributed by atoms with Crippen molar-refractivity contribution in [2.45, 2.75) is 44.8 Å². The zero-order valence-corrected chi connectivity index (χ0v) is 14.0. The van der Waals surface area contributed by atoms with Gasteiger partial charge in [-0.15, -0.1) is 11.8 Å². The predicted octanol–water partition coefficient (Wildman–Crippen LogP) is 4.38. The maximum Gasteiger partial charge on any atom is 0.141 e. The first kappa shape index (κ1) is 15.8. The fraction of sp³-hybridized carbons (Fsp3) is 0.412. The van der Waals surface area contributed by atoms with Crippen molar-refractivity contribution in [2.75, 3.05) is 11.9 Å². The Labute approximate surface area is 131 Å². The molecule has 0 aliphatic carbocycles. The standard InChI is InChI=1S/C17H23N3S/c1-5-15-13(4)19-16(20-17(15)18-6-2)11-21-14-9-7-12(3)8-10-14/h7-10H,5-6,11H2,1-4H3,(H,18,19,20). The van der Waals surface area contributed by atoms with Crippen molar-refractivity contribution in [3.05, 3.63) is 46.9 Å². The SMILES string of the molecule is CCNc1nc(CSc2ccc(C)cc2)nc(C)c1CC. The Bertz CT molecular complexity index is 594. The van der Waals surface area contributed by atoms with Crippen LogP contribution in [-0.4, -0.2) is 16.5 Å². The summed E-state index contributed by atoms with van der Waals surface area (Å²) in [5.74, 6) is 2.69. The summed E-state index contributed by atoms with van der Waals surface area (Å²) >= 11 is 1.78. The fourth-order valence-electron chi connectivity index (χ4n) is 2.24. The molecule has 0 atom stereocenters. The summed E-state index contributed by atoms with van der Waals surface area (Å²) in [4.78, 5) is 10.6. The highest BCUT2D eigenvalue weighted by Gasteiger charge is 2.10. The fourth-order valence-corrected chi connectivity index (χ4v) is 2.99. The first-order chi connectivity index (χ1) is 10.1. The average molecular weight is 301 g/mol. The lowest BCUT2D eigenvalue weighted by molar-refractivity contribution is 0.932. The summed E-state index contributed by atoms with van der Waals surface area (Å²) < 4.78 is 0. The Morgan fingerprint density at radius 1 is 1.05 bits per heavy atom. The minimum Gasteiger partial charge on any atom is -0.370 e. The second-order valence-corrected chi connectivity index (χ2v) is 6.09. The van der Waals surface area contributed by atoms with Gasteiger partial charge in [0.1, 0.15) is 11.6 Å². The van der Waals surface area contributed by atoms with E-state index >= 15 is 0 Å². The van der Waals surface area contributed by atoms with E-state index < -0.39 is 0 Å². The van der Waals surface area contributed by atoms with Crippen molar-refractivity contribution < 1.29 is 0 Å². The normalized spacial score (nSPS) is 10.7. The Balaban J connectivity index is 2.14. The van der Waals surface area contributed by atoms with Gasteiger partial charge in [0.15, 0.2) is 0 Å². The zero-order valence-electron chi connectivity index (χ0n) is 13.2. The van der Waals surface area contributed by atoms with E-state index in [2.05, 4.69) is 67.2 Å². The molecule has 2 aromatic rings. The third-order valence-corrected chi connectivity index (χ3v) is 4.35. The number of thioether (sulfide) groups is 1. The third-order valence-electron chi connectivity index (χ3n) is 3.35. The van der Waals surface area contributed by atoms with Crippen molar-refractivity contribution in [3.8, 4) is 0 Å². The van der Waals surface area contributed by atoms with Crippen molar-refractivity contribution in [3.63, 3.8) is 0 Å². The van der Waals surface area contributed by atoms with E-state index in [4.69, 9.17) is 0 Å². The number of nitrogens with one attached hydrogen (secondary N) is 1. The van der Waals surface area contributed by atoms with Crippen molar-refractivity contribution >= 4 is 17.6 Å². The van der Waals surface area contributed by atoms with E-state index in [0.717, 1.165) is 36.1 Å². The topological polar surface area (TPSA) is 37.8 Å². The van der Waals surface area contributed by atoms with E-state index in [1.165, 1.54) is 16.0 Å². The molecule has 0 aliphatic heterocycles. The van der Waals surface area contributed by atoms with E-state index in [1.807, 2.05) is 0 Å². The molecule has 0 bridgehead atoms. The average Bonchev–Trinajstić information content (AvgIpc) is 2.47. The smallest absolute Gasteiger partial charge is 0.141 e. The van der Waals surface area contributed by atoms with Gasteiger partial charge < -0.3 is 5.32 Å². The number of nitrogens with zero attached hydrogens (tertiary/aromatic N) is 2. The summed E-state index contributed by atoms with van der Waals surface area (Å²) in [5, 5.41) is 3.35. The number of benzene rings is 1. The van der Waals surface area contributed by atoms with Crippen LogP contribution in [0.5, 0.6) is 0 Å². The highest BCUT2D eigenvalue weighted by Crippen LogP contribution is 2.24. The van der Waals surface area contributed by atoms with Crippen LogP contribution in [0, 0.1) is 13.8 Å². The second kappa shape index (κ2) is 7.46. The maximum atomic E-state index is 4.68. The molecule has 3 nitrogen and oxygen atoms in total. The Morgan fingerprint density at radius 2 is 1.76 bits per heavy atom. The van der Waals surface area contributed by atoms with Crippen LogP contribution in [0.4, 0.5) is 5.82 Å². The van der Waals surface area contributed by atoms with Gasteiger partial charge in [-0.1, -0.05) is 24.6 Å². The summed E-state index contributed by atoms with van der Waals surface area (Å²) in [7, 11) is 0. The third kappa shape index (κ3) is 4.21. The number of aryl methyl sites for hydroxylation is 2. The van der Waals surface area contributed by atoms with Crippen LogP contribution < -0.4 is 5.32 Å². The van der Waals surface area contributed by atoms with Crippen molar-refractivity contribution in [1.82, 2.24) is 9.97 Å². The number of hydrogen-bond acceptors (Lipinski definition) is 4. The van der Waals surface area contributed by atoms with Crippen molar-refractivity contribution in [1.29, 1.82) is 0 Å². The Kier molecular flexibility index (Phi) is 5.62. The lowest BCUT2D eigenvalue weighted by Crippen LogP contribution is -2.09. The molecule has 0 radical (unpaired) electrons. The van der Waals surface area contributed by atoms with Gasteiger partial charge in [0.2, 0.25) is 0 Å². The van der Waals surface area contributed by atoms with Crippen LogP contribution in [0.2, 0.25) is 0 Å². The van der Waals surface area contributed by atoms with E-state index in [1.54, 1.807) is 11.8 Å². The van der Waals surface area contributed by atoms with Crippen LogP contribution in [0.15, 0.2) is 29.2 Å². The molecule has 0 amide bonds. The van der Waals surface area contributed by atoms with Gasteiger partial charge in [-0.25, -0.2) is 9.97 Å². The van der Waals surface area contributed by atoms with Gasteiger partial charge in [-0.2, -0.15) is 0 Å². The van der Waals surface area contributed by atoms with Crippen molar-refractivity contribution in [2.24, 2.45) is 0 Å². The van der Waals surface area contributed by atoms with Crippen LogP contribution in [0.3, 0.4) is 0 Å². The van der Waals surface area contributed by atoms with Gasteiger partial charge in [0.25, 0.3) is 0 Å². The van der Waals surface area contributed by atoms with Crippen LogP contribution >= 0.6 is 11.8 Å². The van der Waals surface area contributed by atoms with Crippen LogP contribution in [0.1, 0.15) is 36.5 Å². The lowest BCUT2D eigenvalue weighted by atomic mass is 10.1. The largest absolute Gasteiger partial charge is 0.370 e. The van der Waals surface area contributed by atoms with Gasteiger partial charge in [-0.3, -0.25) is 0 Å². The van der Waals surface area contributed by atoms with E-state index in [9.17, 15) is 0 Å². The number of aromatic nitrogens is 2. The quantitative estimate of drug-likeness (QED) is 0.804. The second-order valence-electron chi connectivity index (χ2n) is 5.04. The summed E-state index contributed by atoms with van der Waals surface area (Å²) in [5.41, 5.74) is 3.59. The Morgan fingerprint density at radius 3 is 2.38 bits per heavy atom. The molecule has 0 spiro atoms. The molecule has 21 heavy (non-hydrogen) atoms. The van der Waals surface area contributed by atoms with Crippen LogP contribution in [0.25, 0.3) is 0 Å². The van der Waals surface area contributed by atoms with Crippen LogP contribution in [-0.2, 0) is 12.2 Å². The summed E-state index contributed by atoms with van der Waals surface area (Å²) in [6.45, 7) is 9.30. The maximum absolute atomic E-state index is 4.68. The molecule has 1 aromatic heterocycles. The number of hydrogen-bond donors (Lipinski definition) is 1. The number of anilines is 1. The first-order valence-electron chi connectivity index (χ1n) is 7.43. The highest BCUT2D eigenvalue weighted by atomic mass is 32.2. The molecule has 0 aliphatic rings. The molecule has 0 fully saturated rings. The van der Waals surface area contributed by atoms with Gasteiger partial charge >= 0.3 is 0 Å². The number of rotatable bonds is 6. The molecule has 2 rings (SSSR count). The summed E-state index contributed by atoms with van der Waals surface area (Å²) in [6.07, 6.45) is 0.958. The monoisotopic (exact) mass is 301 g/mol. The lowest BCUT2D eigenvalue weighted by Gasteiger charge is -2.12. The zero-order chi connectivity index (χ0) is 15.2. The molecule has 0 unspecified atom stereocenters. The molecular weight excluding hydrogens is 278 g/mol. The minimum absolute atomic E-state index is 0.798. The predicted molar refractivity (Wildman–Crippen MR) is 91.1 cm³/mol. The van der Waals surface area contributed by atoms with Gasteiger partial charge in [0.05, 0.1) is 5.75 Å². The van der Waals surface area contributed by atoms with E-state index in [0.29, 0.717) is 0 Å². The molecule has 1 heterocycles. The molecule has 4 heteroatoms. The van der Waals surface area contributed by atoms with E-state index in [-0.39, 0.29) is 0 Å². The highest BCUT2D eigenvalue weighted by molar-refractivity contribution is 7.98. The molecule has 0 saturated heterocycles.